The number of benzene rings is 1. The monoisotopic (exact) mass is 359 g/mol. The molecule has 2 aliphatic rings. The van der Waals surface area contributed by atoms with E-state index in [0.29, 0.717) is 18.6 Å². The number of ether oxygens (including phenoxy) is 1. The van der Waals surface area contributed by atoms with Crippen LogP contribution in [0.15, 0.2) is 24.3 Å². The van der Waals surface area contributed by atoms with Crippen LogP contribution in [0.4, 0.5) is 0 Å². The molecule has 1 spiro atoms. The third-order valence-corrected chi connectivity index (χ3v) is 5.74. The fraction of sp³-hybridized carbons (Fsp3) is 0.619. The molecule has 1 aliphatic carbocycles. The highest BCUT2D eigenvalue weighted by Crippen LogP contribution is 2.45. The maximum Gasteiger partial charge on any atom is 0.229 e. The number of hydrogen-bond donors (Lipinski definition) is 1. The van der Waals surface area contributed by atoms with Crippen LogP contribution in [0.25, 0.3) is 0 Å². The van der Waals surface area contributed by atoms with Gasteiger partial charge in [-0.3, -0.25) is 14.5 Å². The fourth-order valence-electron chi connectivity index (χ4n) is 4.17. The predicted molar refractivity (Wildman–Crippen MR) is 98.8 cm³/mol. The molecule has 1 unspecified atom stereocenters. The molecule has 1 aromatic rings. The van der Waals surface area contributed by atoms with Gasteiger partial charge in [-0.2, -0.15) is 0 Å². The van der Waals surface area contributed by atoms with Gasteiger partial charge in [-0.15, -0.1) is 0 Å². The number of likely N-dealkylation sites (tertiary alicyclic amines) is 1. The molecule has 2 amide bonds. The summed E-state index contributed by atoms with van der Waals surface area (Å²) < 4.78 is 5.59. The van der Waals surface area contributed by atoms with Crippen molar-refractivity contribution in [1.82, 2.24) is 4.90 Å². The first kappa shape index (κ1) is 18.9. The van der Waals surface area contributed by atoms with Crippen LogP contribution < -0.4 is 4.74 Å². The second-order valence-electron chi connectivity index (χ2n) is 7.77. The van der Waals surface area contributed by atoms with Crippen molar-refractivity contribution < 1.29 is 19.4 Å². The molecule has 1 heterocycles. The van der Waals surface area contributed by atoms with Crippen LogP contribution in [0.5, 0.6) is 5.75 Å². The number of aliphatic hydroxyl groups excluding tert-OH is 1. The maximum absolute atomic E-state index is 12.5. The summed E-state index contributed by atoms with van der Waals surface area (Å²) in [6, 6.07) is 7.72. The zero-order chi connectivity index (χ0) is 18.6. The van der Waals surface area contributed by atoms with E-state index < -0.39 is 6.10 Å². The number of carbonyl (C=O) groups excluding carboxylic acids is 2. The van der Waals surface area contributed by atoms with E-state index in [9.17, 15) is 14.7 Å². The molecule has 1 aliphatic heterocycles. The SMILES string of the molecule is CCc1ccc(OCC(O)CN2C(=O)CC3(CCCCC3)CC2=O)cc1. The van der Waals surface area contributed by atoms with Crippen molar-refractivity contribution in [2.45, 2.75) is 64.4 Å². The third kappa shape index (κ3) is 4.44. The summed E-state index contributed by atoms with van der Waals surface area (Å²) in [5, 5.41) is 10.2. The van der Waals surface area contributed by atoms with E-state index in [-0.39, 0.29) is 30.4 Å². The molecule has 1 saturated heterocycles. The Morgan fingerprint density at radius 2 is 1.69 bits per heavy atom. The highest BCUT2D eigenvalue weighted by atomic mass is 16.5. The third-order valence-electron chi connectivity index (χ3n) is 5.74. The summed E-state index contributed by atoms with van der Waals surface area (Å²) in [6.07, 6.45) is 6.30. The normalized spacial score (nSPS) is 21.1. The van der Waals surface area contributed by atoms with E-state index in [2.05, 4.69) is 6.92 Å². The number of piperidine rings is 1. The molecule has 0 bridgehead atoms. The lowest BCUT2D eigenvalue weighted by atomic mass is 9.67. The molecule has 1 atom stereocenters. The van der Waals surface area contributed by atoms with Crippen LogP contribution in [0.3, 0.4) is 0 Å². The maximum atomic E-state index is 12.5. The minimum Gasteiger partial charge on any atom is -0.491 e. The number of hydrogen-bond acceptors (Lipinski definition) is 4. The highest BCUT2D eigenvalue weighted by molar-refractivity contribution is 5.98. The van der Waals surface area contributed by atoms with Gasteiger partial charge in [0.15, 0.2) is 0 Å². The first-order valence-electron chi connectivity index (χ1n) is 9.74. The molecule has 5 heteroatoms. The number of nitrogens with zero attached hydrogens (tertiary/aromatic N) is 1. The first-order chi connectivity index (χ1) is 12.5. The molecule has 26 heavy (non-hydrogen) atoms. The fourth-order valence-corrected chi connectivity index (χ4v) is 4.17. The van der Waals surface area contributed by atoms with Gasteiger partial charge in [0.1, 0.15) is 18.5 Å². The Labute approximate surface area is 155 Å². The Kier molecular flexibility index (Phi) is 5.97. The first-order valence-corrected chi connectivity index (χ1v) is 9.74. The molecular formula is C21H29NO4. The van der Waals surface area contributed by atoms with Crippen molar-refractivity contribution in [2.75, 3.05) is 13.2 Å². The van der Waals surface area contributed by atoms with Crippen LogP contribution in [0.2, 0.25) is 0 Å². The van der Waals surface area contributed by atoms with Gasteiger partial charge in [0.2, 0.25) is 11.8 Å². The molecule has 5 nitrogen and oxygen atoms in total. The molecule has 1 aromatic carbocycles. The van der Waals surface area contributed by atoms with Gasteiger partial charge in [0, 0.05) is 12.8 Å². The van der Waals surface area contributed by atoms with Crippen molar-refractivity contribution in [2.24, 2.45) is 5.41 Å². The Hall–Kier alpha value is -1.88. The minimum atomic E-state index is -0.880. The number of rotatable bonds is 6. The van der Waals surface area contributed by atoms with Crippen LogP contribution in [-0.4, -0.2) is 41.1 Å². The van der Waals surface area contributed by atoms with Gasteiger partial charge in [-0.05, 0) is 42.4 Å². The van der Waals surface area contributed by atoms with Crippen LogP contribution in [-0.2, 0) is 16.0 Å². The molecule has 1 saturated carbocycles. The van der Waals surface area contributed by atoms with Crippen molar-refractivity contribution in [3.05, 3.63) is 29.8 Å². The Morgan fingerprint density at radius 3 is 2.27 bits per heavy atom. The largest absolute Gasteiger partial charge is 0.491 e. The van der Waals surface area contributed by atoms with Gasteiger partial charge in [-0.25, -0.2) is 0 Å². The summed E-state index contributed by atoms with van der Waals surface area (Å²) in [7, 11) is 0. The molecular weight excluding hydrogens is 330 g/mol. The second-order valence-corrected chi connectivity index (χ2v) is 7.77. The lowest BCUT2D eigenvalue weighted by molar-refractivity contribution is -0.156. The summed E-state index contributed by atoms with van der Waals surface area (Å²) in [5.74, 6) is 0.391. The van der Waals surface area contributed by atoms with Crippen LogP contribution >= 0.6 is 0 Å². The summed E-state index contributed by atoms with van der Waals surface area (Å²) in [5.41, 5.74) is 1.10. The van der Waals surface area contributed by atoms with E-state index in [0.717, 1.165) is 32.1 Å². The lowest BCUT2D eigenvalue weighted by Crippen LogP contribution is -2.51. The molecule has 0 radical (unpaired) electrons. The average molecular weight is 359 g/mol. The lowest BCUT2D eigenvalue weighted by Gasteiger charge is -2.42. The Balaban J connectivity index is 1.51. The molecule has 3 rings (SSSR count). The van der Waals surface area contributed by atoms with Gasteiger partial charge in [0.25, 0.3) is 0 Å². The number of β-amino-alcohol motifs (C(OH)–C–C–N with tert-alkyl or cyclic N) is 1. The zero-order valence-corrected chi connectivity index (χ0v) is 15.6. The summed E-state index contributed by atoms with van der Waals surface area (Å²) in [4.78, 5) is 26.3. The van der Waals surface area contributed by atoms with E-state index in [1.807, 2.05) is 24.3 Å². The van der Waals surface area contributed by atoms with E-state index in [1.165, 1.54) is 16.9 Å². The van der Waals surface area contributed by atoms with Crippen molar-refractivity contribution in [1.29, 1.82) is 0 Å². The smallest absolute Gasteiger partial charge is 0.229 e. The number of carbonyl (C=O) groups is 2. The van der Waals surface area contributed by atoms with Crippen LogP contribution in [0, 0.1) is 5.41 Å². The van der Waals surface area contributed by atoms with E-state index >= 15 is 0 Å². The Morgan fingerprint density at radius 1 is 1.08 bits per heavy atom. The predicted octanol–water partition coefficient (Wildman–Crippen LogP) is 3.09. The standard InChI is InChI=1S/C21H29NO4/c1-2-16-6-8-18(9-7-16)26-15-17(23)14-22-19(24)12-21(13-20(22)25)10-4-3-5-11-21/h6-9,17,23H,2-5,10-15H2,1H3. The topological polar surface area (TPSA) is 66.8 Å². The number of aryl methyl sites for hydroxylation is 1. The van der Waals surface area contributed by atoms with Gasteiger partial charge < -0.3 is 9.84 Å². The molecule has 0 aromatic heterocycles. The van der Waals surface area contributed by atoms with Gasteiger partial charge in [-0.1, -0.05) is 38.3 Å². The zero-order valence-electron chi connectivity index (χ0n) is 15.6. The second kappa shape index (κ2) is 8.21. The summed E-state index contributed by atoms with van der Waals surface area (Å²) >= 11 is 0. The average Bonchev–Trinajstić information content (AvgIpc) is 2.64. The minimum absolute atomic E-state index is 0.0147. The number of amides is 2. The molecule has 2 fully saturated rings. The highest BCUT2D eigenvalue weighted by Gasteiger charge is 2.44. The van der Waals surface area contributed by atoms with Gasteiger partial charge >= 0.3 is 0 Å². The number of aliphatic hydroxyl groups is 1. The number of imide groups is 1. The molecule has 142 valence electrons. The molecule has 1 N–H and O–H groups in total. The van der Waals surface area contributed by atoms with E-state index in [1.54, 1.807) is 0 Å². The van der Waals surface area contributed by atoms with E-state index in [4.69, 9.17) is 4.74 Å². The van der Waals surface area contributed by atoms with Crippen molar-refractivity contribution in [3.63, 3.8) is 0 Å². The van der Waals surface area contributed by atoms with Crippen LogP contribution in [0.1, 0.15) is 57.4 Å². The van der Waals surface area contributed by atoms with Gasteiger partial charge in [0.05, 0.1) is 6.54 Å². The van der Waals surface area contributed by atoms with Crippen molar-refractivity contribution >= 4 is 11.8 Å². The van der Waals surface area contributed by atoms with Crippen molar-refractivity contribution in [3.8, 4) is 5.75 Å². The quantitative estimate of drug-likeness (QED) is 0.793. The summed E-state index contributed by atoms with van der Waals surface area (Å²) in [6.45, 7) is 2.16. The Bertz CT molecular complexity index is 614.